The van der Waals surface area contributed by atoms with E-state index in [4.69, 9.17) is 13.9 Å². The van der Waals surface area contributed by atoms with E-state index in [-0.39, 0.29) is 12.7 Å². The second kappa shape index (κ2) is 8.07. The first-order valence-electron chi connectivity index (χ1n) is 10.5. The highest BCUT2D eigenvalue weighted by atomic mass is 16.7. The molecule has 1 N–H and O–H groups in total. The number of aromatic nitrogens is 1. The minimum Gasteiger partial charge on any atom is -0.469 e. The van der Waals surface area contributed by atoms with E-state index in [0.29, 0.717) is 17.9 Å². The van der Waals surface area contributed by atoms with Gasteiger partial charge in [-0.15, -0.1) is 0 Å². The maximum Gasteiger partial charge on any atom is 0.255 e. The highest BCUT2D eigenvalue weighted by Crippen LogP contribution is 2.36. The first kappa shape index (κ1) is 19.6. The van der Waals surface area contributed by atoms with Crippen molar-refractivity contribution in [3.63, 3.8) is 0 Å². The van der Waals surface area contributed by atoms with Crippen LogP contribution in [0.1, 0.15) is 44.1 Å². The number of amides is 1. The molecule has 5 rings (SSSR count). The fourth-order valence-corrected chi connectivity index (χ4v) is 4.39. The third-order valence-corrected chi connectivity index (χ3v) is 6.08. The van der Waals surface area contributed by atoms with Crippen molar-refractivity contribution in [3.05, 3.63) is 76.0 Å². The lowest BCUT2D eigenvalue weighted by Crippen LogP contribution is -2.32. The summed E-state index contributed by atoms with van der Waals surface area (Å²) < 4.78 is 16.4. The van der Waals surface area contributed by atoms with Crippen molar-refractivity contribution in [2.75, 3.05) is 13.3 Å². The first-order valence-corrected chi connectivity index (χ1v) is 10.5. The highest BCUT2D eigenvalue weighted by molar-refractivity contribution is 5.95. The number of benzene rings is 1. The summed E-state index contributed by atoms with van der Waals surface area (Å²) >= 11 is 0. The van der Waals surface area contributed by atoms with Crippen LogP contribution in [-0.4, -0.2) is 29.1 Å². The quantitative estimate of drug-likeness (QED) is 0.682. The molecule has 1 amide bonds. The van der Waals surface area contributed by atoms with E-state index in [0.717, 1.165) is 54.4 Å². The van der Waals surface area contributed by atoms with Crippen molar-refractivity contribution in [2.24, 2.45) is 0 Å². The number of aryl methyl sites for hydroxylation is 2. The van der Waals surface area contributed by atoms with Crippen molar-refractivity contribution in [1.82, 2.24) is 15.2 Å². The average Bonchev–Trinajstić information content (AvgIpc) is 3.42. The Hall–Kier alpha value is -3.32. The van der Waals surface area contributed by atoms with Crippen molar-refractivity contribution in [1.29, 1.82) is 0 Å². The van der Waals surface area contributed by atoms with E-state index in [1.807, 2.05) is 25.3 Å². The standard InChI is InChI=1S/C24H25N3O4/c1-15-21(11-26-24(28)19-7-9-29-16(19)2)20-6-8-27(13-18(20)10-25-15)12-17-4-3-5-22-23(17)31-14-30-22/h3-5,7,9-10H,6,8,11-14H2,1-2H3,(H,26,28). The summed E-state index contributed by atoms with van der Waals surface area (Å²) in [6.45, 7) is 7.08. The molecule has 3 aromatic rings. The Labute approximate surface area is 181 Å². The molecular weight excluding hydrogens is 394 g/mol. The van der Waals surface area contributed by atoms with E-state index >= 15 is 0 Å². The predicted molar refractivity (Wildman–Crippen MR) is 114 cm³/mol. The Morgan fingerprint density at radius 2 is 2.13 bits per heavy atom. The van der Waals surface area contributed by atoms with Crippen LogP contribution in [0.15, 0.2) is 41.1 Å². The summed E-state index contributed by atoms with van der Waals surface area (Å²) in [5.74, 6) is 2.17. The minimum atomic E-state index is -0.124. The fraction of sp³-hybridized carbons (Fsp3) is 0.333. The van der Waals surface area contributed by atoms with Gasteiger partial charge in [-0.05, 0) is 49.1 Å². The molecule has 1 aromatic carbocycles. The van der Waals surface area contributed by atoms with Gasteiger partial charge in [0.2, 0.25) is 6.79 Å². The van der Waals surface area contributed by atoms with Crippen LogP contribution >= 0.6 is 0 Å². The Bertz CT molecular complexity index is 1140. The van der Waals surface area contributed by atoms with Gasteiger partial charge in [-0.25, -0.2) is 0 Å². The van der Waals surface area contributed by atoms with E-state index in [9.17, 15) is 4.79 Å². The molecule has 2 aromatic heterocycles. The molecule has 2 aliphatic heterocycles. The fourth-order valence-electron chi connectivity index (χ4n) is 4.39. The number of carbonyl (C=O) groups excluding carboxylic acids is 1. The molecule has 0 aliphatic carbocycles. The number of fused-ring (bicyclic) bond motifs is 2. The number of rotatable bonds is 5. The maximum absolute atomic E-state index is 12.5. The van der Waals surface area contributed by atoms with Gasteiger partial charge in [0.25, 0.3) is 5.91 Å². The van der Waals surface area contributed by atoms with Crippen LogP contribution in [0, 0.1) is 13.8 Å². The summed E-state index contributed by atoms with van der Waals surface area (Å²) in [7, 11) is 0. The summed E-state index contributed by atoms with van der Waals surface area (Å²) in [4.78, 5) is 19.5. The van der Waals surface area contributed by atoms with E-state index in [1.54, 1.807) is 13.0 Å². The zero-order chi connectivity index (χ0) is 21.4. The number of hydrogen-bond acceptors (Lipinski definition) is 6. The van der Waals surface area contributed by atoms with E-state index < -0.39 is 0 Å². The van der Waals surface area contributed by atoms with Crippen molar-refractivity contribution in [3.8, 4) is 11.5 Å². The molecule has 0 unspecified atom stereocenters. The SMILES string of the molecule is Cc1ncc2c(c1CNC(=O)c1ccoc1C)CCN(Cc1cccc3c1OCO3)C2. The van der Waals surface area contributed by atoms with Gasteiger partial charge in [0.15, 0.2) is 11.5 Å². The number of nitrogens with one attached hydrogen (secondary N) is 1. The highest BCUT2D eigenvalue weighted by Gasteiger charge is 2.24. The van der Waals surface area contributed by atoms with Crippen molar-refractivity contribution < 1.29 is 18.7 Å². The van der Waals surface area contributed by atoms with Crippen LogP contribution in [0.4, 0.5) is 0 Å². The number of furan rings is 1. The van der Waals surface area contributed by atoms with E-state index in [2.05, 4.69) is 21.3 Å². The Kier molecular flexibility index (Phi) is 5.11. The molecule has 0 saturated carbocycles. The van der Waals surface area contributed by atoms with Gasteiger partial charge in [0.05, 0.1) is 11.8 Å². The lowest BCUT2D eigenvalue weighted by Gasteiger charge is -2.30. The van der Waals surface area contributed by atoms with Crippen LogP contribution in [-0.2, 0) is 26.1 Å². The lowest BCUT2D eigenvalue weighted by atomic mass is 9.94. The summed E-state index contributed by atoms with van der Waals surface area (Å²) in [6.07, 6.45) is 4.42. The van der Waals surface area contributed by atoms with Gasteiger partial charge in [-0.1, -0.05) is 12.1 Å². The number of para-hydroxylation sites is 1. The van der Waals surface area contributed by atoms with Gasteiger partial charge in [0.1, 0.15) is 5.76 Å². The van der Waals surface area contributed by atoms with Gasteiger partial charge in [-0.2, -0.15) is 0 Å². The number of carbonyl (C=O) groups is 1. The predicted octanol–water partition coefficient (Wildman–Crippen LogP) is 3.51. The van der Waals surface area contributed by atoms with Crippen molar-refractivity contribution >= 4 is 5.91 Å². The summed E-state index contributed by atoms with van der Waals surface area (Å²) in [5.41, 5.74) is 6.30. The largest absolute Gasteiger partial charge is 0.469 e. The number of nitrogens with zero attached hydrogens (tertiary/aromatic N) is 2. The van der Waals surface area contributed by atoms with Gasteiger partial charge in [0, 0.05) is 43.6 Å². The molecule has 0 bridgehead atoms. The molecule has 0 fully saturated rings. The molecule has 160 valence electrons. The summed E-state index contributed by atoms with van der Waals surface area (Å²) in [5, 5.41) is 3.03. The van der Waals surface area contributed by atoms with Crippen LogP contribution < -0.4 is 14.8 Å². The number of pyridine rings is 1. The van der Waals surface area contributed by atoms with Gasteiger partial charge >= 0.3 is 0 Å². The Morgan fingerprint density at radius 3 is 2.97 bits per heavy atom. The normalized spacial score (nSPS) is 15.0. The smallest absolute Gasteiger partial charge is 0.255 e. The van der Waals surface area contributed by atoms with Crippen LogP contribution in [0.2, 0.25) is 0 Å². The third kappa shape index (κ3) is 3.77. The average molecular weight is 419 g/mol. The number of ether oxygens (including phenoxy) is 2. The van der Waals surface area contributed by atoms with Crippen LogP contribution in [0.25, 0.3) is 0 Å². The maximum atomic E-state index is 12.5. The molecule has 31 heavy (non-hydrogen) atoms. The van der Waals surface area contributed by atoms with Crippen molar-refractivity contribution in [2.45, 2.75) is 39.9 Å². The molecule has 2 aliphatic rings. The zero-order valence-electron chi connectivity index (χ0n) is 17.7. The molecule has 0 saturated heterocycles. The molecule has 7 nitrogen and oxygen atoms in total. The van der Waals surface area contributed by atoms with Crippen LogP contribution in [0.3, 0.4) is 0 Å². The molecule has 7 heteroatoms. The number of hydrogen-bond donors (Lipinski definition) is 1. The van der Waals surface area contributed by atoms with Gasteiger partial charge in [-0.3, -0.25) is 14.7 Å². The first-order chi connectivity index (χ1) is 15.1. The molecular formula is C24H25N3O4. The van der Waals surface area contributed by atoms with Gasteiger partial charge < -0.3 is 19.2 Å². The summed E-state index contributed by atoms with van der Waals surface area (Å²) in [6, 6.07) is 7.74. The molecule has 0 atom stereocenters. The molecule has 0 spiro atoms. The van der Waals surface area contributed by atoms with E-state index in [1.165, 1.54) is 17.4 Å². The Morgan fingerprint density at radius 1 is 1.23 bits per heavy atom. The Balaban J connectivity index is 1.31. The molecule has 0 radical (unpaired) electrons. The monoisotopic (exact) mass is 419 g/mol. The molecule has 4 heterocycles. The topological polar surface area (TPSA) is 76.8 Å². The zero-order valence-corrected chi connectivity index (χ0v) is 17.7. The third-order valence-electron chi connectivity index (χ3n) is 6.08. The second-order valence-corrected chi connectivity index (χ2v) is 8.01. The van der Waals surface area contributed by atoms with Crippen LogP contribution in [0.5, 0.6) is 11.5 Å². The minimum absolute atomic E-state index is 0.124. The second-order valence-electron chi connectivity index (χ2n) is 8.01. The lowest BCUT2D eigenvalue weighted by molar-refractivity contribution is 0.0949.